The summed E-state index contributed by atoms with van der Waals surface area (Å²) in [4.78, 5) is 24.1. The van der Waals surface area contributed by atoms with E-state index in [4.69, 9.17) is 10.8 Å². The highest BCUT2D eigenvalue weighted by Crippen LogP contribution is 2.10. The lowest BCUT2D eigenvalue weighted by Crippen LogP contribution is -2.40. The largest absolute Gasteiger partial charge is 0.478 e. The number of benzene rings is 1. The number of nitrogens with zero attached hydrogens (tertiary/aromatic N) is 1. The van der Waals surface area contributed by atoms with Gasteiger partial charge >= 0.3 is 5.97 Å². The fraction of sp³-hybridized carbons (Fsp3) is 0.385. The first-order valence-corrected chi connectivity index (χ1v) is 5.75. The summed E-state index contributed by atoms with van der Waals surface area (Å²) in [7, 11) is 1.66. The lowest BCUT2D eigenvalue weighted by molar-refractivity contribution is -0.130. The van der Waals surface area contributed by atoms with Crippen molar-refractivity contribution in [3.05, 3.63) is 35.4 Å². The number of carbonyl (C=O) groups excluding carboxylic acids is 1. The van der Waals surface area contributed by atoms with Crippen LogP contribution in [0.2, 0.25) is 0 Å². The summed E-state index contributed by atoms with van der Waals surface area (Å²) in [5.41, 5.74) is 6.49. The third kappa shape index (κ3) is 3.56. The van der Waals surface area contributed by atoms with Gasteiger partial charge in [-0.2, -0.15) is 0 Å². The van der Waals surface area contributed by atoms with Crippen molar-refractivity contribution in [2.75, 3.05) is 13.6 Å². The summed E-state index contributed by atoms with van der Waals surface area (Å²) in [5.74, 6) is -1.10. The molecule has 18 heavy (non-hydrogen) atoms. The summed E-state index contributed by atoms with van der Waals surface area (Å²) in [6, 6.07) is 6.25. The van der Waals surface area contributed by atoms with Crippen LogP contribution in [-0.4, -0.2) is 41.5 Å². The number of aromatic carboxylic acids is 1. The zero-order valence-corrected chi connectivity index (χ0v) is 10.6. The van der Waals surface area contributed by atoms with Gasteiger partial charge in [0.2, 0.25) is 5.91 Å². The topological polar surface area (TPSA) is 83.6 Å². The van der Waals surface area contributed by atoms with Crippen LogP contribution < -0.4 is 5.73 Å². The minimum Gasteiger partial charge on any atom is -0.478 e. The number of carboxylic acids is 1. The van der Waals surface area contributed by atoms with Crippen LogP contribution in [0.15, 0.2) is 24.3 Å². The first kappa shape index (κ1) is 14.2. The molecule has 5 nitrogen and oxygen atoms in total. The molecule has 1 amide bonds. The van der Waals surface area contributed by atoms with E-state index >= 15 is 0 Å². The van der Waals surface area contributed by atoms with E-state index in [1.54, 1.807) is 38.2 Å². The number of hydrogen-bond donors (Lipinski definition) is 2. The van der Waals surface area contributed by atoms with Crippen LogP contribution in [0.5, 0.6) is 0 Å². The summed E-state index contributed by atoms with van der Waals surface area (Å²) >= 11 is 0. The number of likely N-dealkylation sites (N-methyl/N-ethyl adjacent to an activating group) is 1. The van der Waals surface area contributed by atoms with Gasteiger partial charge in [-0.05, 0) is 25.0 Å². The summed E-state index contributed by atoms with van der Waals surface area (Å²) in [6.45, 7) is 2.08. The van der Waals surface area contributed by atoms with Crippen LogP contribution >= 0.6 is 0 Å². The zero-order valence-electron chi connectivity index (χ0n) is 10.6. The average Bonchev–Trinajstić information content (AvgIpc) is 2.35. The molecule has 0 radical (unpaired) electrons. The second-order valence-corrected chi connectivity index (χ2v) is 4.26. The zero-order chi connectivity index (χ0) is 13.7. The lowest BCUT2D eigenvalue weighted by atomic mass is 10.0. The lowest BCUT2D eigenvalue weighted by Gasteiger charge is -2.19. The molecule has 1 atom stereocenters. The van der Waals surface area contributed by atoms with Gasteiger partial charge in [0.25, 0.3) is 0 Å². The molecular formula is C13H18N2O3. The third-order valence-electron chi connectivity index (χ3n) is 2.73. The maximum Gasteiger partial charge on any atom is 0.335 e. The van der Waals surface area contributed by atoms with Crippen LogP contribution in [0, 0.1) is 0 Å². The quantitative estimate of drug-likeness (QED) is 0.807. The van der Waals surface area contributed by atoms with Gasteiger partial charge in [-0.15, -0.1) is 0 Å². The molecule has 1 rings (SSSR count). The summed E-state index contributed by atoms with van der Waals surface area (Å²) < 4.78 is 0. The van der Waals surface area contributed by atoms with Gasteiger partial charge in [-0.25, -0.2) is 4.79 Å². The van der Waals surface area contributed by atoms with E-state index in [0.29, 0.717) is 18.5 Å². The highest BCUT2D eigenvalue weighted by molar-refractivity contribution is 5.89. The van der Waals surface area contributed by atoms with Crippen LogP contribution in [0.1, 0.15) is 22.8 Å². The predicted octanol–water partition coefficient (Wildman–Crippen LogP) is 0.733. The van der Waals surface area contributed by atoms with Crippen molar-refractivity contribution in [2.24, 2.45) is 5.73 Å². The van der Waals surface area contributed by atoms with Crippen molar-refractivity contribution >= 4 is 11.9 Å². The number of carbonyl (C=O) groups is 2. The molecule has 3 N–H and O–H groups in total. The molecule has 0 fully saturated rings. The Hall–Kier alpha value is -1.88. The van der Waals surface area contributed by atoms with E-state index in [0.717, 1.165) is 0 Å². The second-order valence-electron chi connectivity index (χ2n) is 4.26. The summed E-state index contributed by atoms with van der Waals surface area (Å²) in [6.07, 6.45) is 0.497. The summed E-state index contributed by atoms with van der Waals surface area (Å²) in [5, 5.41) is 9.03. The Morgan fingerprint density at radius 3 is 2.56 bits per heavy atom. The van der Waals surface area contributed by atoms with Gasteiger partial charge in [0, 0.05) is 13.6 Å². The monoisotopic (exact) mass is 250 g/mol. The Morgan fingerprint density at radius 2 is 2.00 bits per heavy atom. The maximum atomic E-state index is 11.6. The van der Waals surface area contributed by atoms with Crippen molar-refractivity contribution in [1.29, 1.82) is 0 Å². The van der Waals surface area contributed by atoms with Gasteiger partial charge in [-0.1, -0.05) is 18.2 Å². The Balaban J connectivity index is 2.69. The van der Waals surface area contributed by atoms with E-state index in [9.17, 15) is 9.59 Å². The Labute approximate surface area is 106 Å². The predicted molar refractivity (Wildman–Crippen MR) is 68.4 cm³/mol. The Bertz CT molecular complexity index is 444. The number of rotatable bonds is 5. The maximum absolute atomic E-state index is 11.6. The Morgan fingerprint density at radius 1 is 1.39 bits per heavy atom. The van der Waals surface area contributed by atoms with Crippen LogP contribution in [0.3, 0.4) is 0 Å². The Kier molecular flexibility index (Phi) is 4.85. The van der Waals surface area contributed by atoms with Gasteiger partial charge < -0.3 is 15.7 Å². The van der Waals surface area contributed by atoms with E-state index in [2.05, 4.69) is 0 Å². The minimum absolute atomic E-state index is 0.150. The van der Waals surface area contributed by atoms with Crippen molar-refractivity contribution < 1.29 is 14.7 Å². The molecule has 1 aromatic carbocycles. The van der Waals surface area contributed by atoms with Crippen LogP contribution in [-0.2, 0) is 11.2 Å². The highest BCUT2D eigenvalue weighted by atomic mass is 16.4. The van der Waals surface area contributed by atoms with Gasteiger partial charge in [0.1, 0.15) is 0 Å². The molecule has 0 bridgehead atoms. The molecule has 5 heteroatoms. The second kappa shape index (κ2) is 6.16. The van der Waals surface area contributed by atoms with Gasteiger partial charge in [0.15, 0.2) is 0 Å². The smallest absolute Gasteiger partial charge is 0.335 e. The average molecular weight is 250 g/mol. The van der Waals surface area contributed by atoms with E-state index in [1.807, 2.05) is 0 Å². The molecule has 0 heterocycles. The SMILES string of the molecule is C[C@H](N)C(=O)N(C)CCc1ccccc1C(=O)O. The van der Waals surface area contributed by atoms with Crippen molar-refractivity contribution in [2.45, 2.75) is 19.4 Å². The van der Waals surface area contributed by atoms with Gasteiger partial charge in [-0.3, -0.25) is 4.79 Å². The molecule has 0 aromatic heterocycles. The molecule has 0 saturated heterocycles. The molecule has 0 aliphatic carbocycles. The molecule has 1 aromatic rings. The number of nitrogens with two attached hydrogens (primary N) is 1. The van der Waals surface area contributed by atoms with Crippen LogP contribution in [0.25, 0.3) is 0 Å². The van der Waals surface area contributed by atoms with Crippen LogP contribution in [0.4, 0.5) is 0 Å². The highest BCUT2D eigenvalue weighted by Gasteiger charge is 2.14. The van der Waals surface area contributed by atoms with Crippen molar-refractivity contribution in [1.82, 2.24) is 4.90 Å². The normalized spacial score (nSPS) is 11.9. The van der Waals surface area contributed by atoms with E-state index < -0.39 is 12.0 Å². The molecule has 0 unspecified atom stereocenters. The molecule has 0 spiro atoms. The third-order valence-corrected chi connectivity index (χ3v) is 2.73. The molecular weight excluding hydrogens is 232 g/mol. The molecule has 0 saturated carbocycles. The molecule has 0 aliphatic rings. The fourth-order valence-corrected chi connectivity index (χ4v) is 1.69. The first-order valence-electron chi connectivity index (χ1n) is 5.75. The fourth-order valence-electron chi connectivity index (χ4n) is 1.69. The van der Waals surface area contributed by atoms with Crippen molar-refractivity contribution in [3.63, 3.8) is 0 Å². The van der Waals surface area contributed by atoms with E-state index in [-0.39, 0.29) is 11.5 Å². The standard InChI is InChI=1S/C13H18N2O3/c1-9(14)12(16)15(2)8-7-10-5-3-4-6-11(10)13(17)18/h3-6,9H,7-8,14H2,1-2H3,(H,17,18)/t9-/m0/s1. The molecule has 98 valence electrons. The van der Waals surface area contributed by atoms with Gasteiger partial charge in [0.05, 0.1) is 11.6 Å². The van der Waals surface area contributed by atoms with Crippen molar-refractivity contribution in [3.8, 4) is 0 Å². The first-order chi connectivity index (χ1) is 8.43. The number of hydrogen-bond acceptors (Lipinski definition) is 3. The number of carboxylic acid groups (broad SMARTS) is 1. The van der Waals surface area contributed by atoms with E-state index in [1.165, 1.54) is 4.90 Å². The number of amides is 1. The minimum atomic E-state index is -0.952. The molecule has 0 aliphatic heterocycles.